The van der Waals surface area contributed by atoms with Crippen molar-refractivity contribution in [1.82, 2.24) is 10.3 Å². The third kappa shape index (κ3) is 4.05. The molecule has 7 heteroatoms. The molecule has 21 heavy (non-hydrogen) atoms. The maximum absolute atomic E-state index is 13.1. The molecule has 0 aliphatic rings. The molecule has 0 saturated heterocycles. The second kappa shape index (κ2) is 6.46. The highest BCUT2D eigenvalue weighted by Gasteiger charge is 2.37. The van der Waals surface area contributed by atoms with Crippen LogP contribution in [0.1, 0.15) is 30.0 Å². The van der Waals surface area contributed by atoms with Gasteiger partial charge in [0.15, 0.2) is 5.69 Å². The maximum Gasteiger partial charge on any atom is 0.434 e. The summed E-state index contributed by atoms with van der Waals surface area (Å²) in [6.45, 7) is 6.81. The number of rotatable bonds is 5. The number of nitrogens with one attached hydrogen (secondary N) is 1. The summed E-state index contributed by atoms with van der Waals surface area (Å²) in [5.74, 6) is 0.394. The van der Waals surface area contributed by atoms with E-state index in [4.69, 9.17) is 0 Å². The highest BCUT2D eigenvalue weighted by Crippen LogP contribution is 2.39. The van der Waals surface area contributed by atoms with Gasteiger partial charge in [0, 0.05) is 17.5 Å². The van der Waals surface area contributed by atoms with Crippen molar-refractivity contribution >= 4 is 22.7 Å². The lowest BCUT2D eigenvalue weighted by atomic mass is 10.2. The first-order valence-corrected chi connectivity index (χ1v) is 8.35. The molecular weight excluding hydrogens is 317 g/mol. The van der Waals surface area contributed by atoms with E-state index in [2.05, 4.69) is 10.3 Å². The van der Waals surface area contributed by atoms with Gasteiger partial charge in [-0.2, -0.15) is 24.5 Å². The lowest BCUT2D eigenvalue weighted by Gasteiger charge is -2.08. The van der Waals surface area contributed by atoms with Gasteiger partial charge >= 0.3 is 6.18 Å². The minimum atomic E-state index is -4.41. The first-order valence-electron chi connectivity index (χ1n) is 6.59. The average molecular weight is 334 g/mol. The fraction of sp³-hybridized carbons (Fsp3) is 0.500. The minimum absolute atomic E-state index is 0.202. The molecule has 0 aromatic carbocycles. The Kier molecular flexibility index (Phi) is 5.06. The van der Waals surface area contributed by atoms with Gasteiger partial charge in [-0.15, -0.1) is 11.3 Å². The van der Waals surface area contributed by atoms with Crippen molar-refractivity contribution in [3.05, 3.63) is 26.9 Å². The number of thiophene rings is 1. The number of alkyl halides is 3. The van der Waals surface area contributed by atoms with E-state index >= 15 is 0 Å². The third-order valence-electron chi connectivity index (χ3n) is 2.89. The van der Waals surface area contributed by atoms with Gasteiger partial charge in [-0.3, -0.25) is 0 Å². The molecule has 1 N–H and O–H groups in total. The van der Waals surface area contributed by atoms with Gasteiger partial charge in [0.05, 0.1) is 4.88 Å². The lowest BCUT2D eigenvalue weighted by Crippen LogP contribution is -2.20. The molecule has 0 saturated carbocycles. The van der Waals surface area contributed by atoms with E-state index in [1.54, 1.807) is 0 Å². The summed E-state index contributed by atoms with van der Waals surface area (Å²) < 4.78 is 39.3. The number of aryl methyl sites for hydroxylation is 1. The molecule has 0 radical (unpaired) electrons. The van der Waals surface area contributed by atoms with Crippen LogP contribution in [0.2, 0.25) is 0 Å². The molecule has 116 valence electrons. The first kappa shape index (κ1) is 16.5. The standard InChI is InChI=1S/C14H17F3N2S2/c1-8(2)4-18-5-11-12(14(15,16)17)19-13(21-11)10-7-20-6-9(10)3/h6-8,18H,4-5H2,1-3H3. The summed E-state index contributed by atoms with van der Waals surface area (Å²) in [7, 11) is 0. The van der Waals surface area contributed by atoms with E-state index in [1.807, 2.05) is 31.5 Å². The Labute approximate surface area is 130 Å². The Hall–Kier alpha value is -0.920. The monoisotopic (exact) mass is 334 g/mol. The van der Waals surface area contributed by atoms with Crippen molar-refractivity contribution in [3.8, 4) is 10.6 Å². The molecule has 0 spiro atoms. The molecule has 2 nitrogen and oxygen atoms in total. The van der Waals surface area contributed by atoms with Crippen molar-refractivity contribution in [2.75, 3.05) is 6.54 Å². The van der Waals surface area contributed by atoms with Crippen molar-refractivity contribution < 1.29 is 13.2 Å². The predicted molar refractivity (Wildman–Crippen MR) is 81.7 cm³/mol. The van der Waals surface area contributed by atoms with Crippen LogP contribution in [0.4, 0.5) is 13.2 Å². The van der Waals surface area contributed by atoms with Crippen molar-refractivity contribution in [2.24, 2.45) is 5.92 Å². The molecule has 0 unspecified atom stereocenters. The number of halogens is 3. The minimum Gasteiger partial charge on any atom is -0.312 e. The van der Waals surface area contributed by atoms with Gasteiger partial charge in [-0.25, -0.2) is 4.98 Å². The van der Waals surface area contributed by atoms with Gasteiger partial charge in [0.25, 0.3) is 0 Å². The van der Waals surface area contributed by atoms with Crippen LogP contribution in [0, 0.1) is 12.8 Å². The number of hydrogen-bond donors (Lipinski definition) is 1. The molecule has 0 bridgehead atoms. The maximum atomic E-state index is 13.1. The SMILES string of the molecule is Cc1cscc1-c1nc(C(F)(F)F)c(CNCC(C)C)s1. The molecule has 2 aromatic heterocycles. The topological polar surface area (TPSA) is 24.9 Å². The zero-order chi connectivity index (χ0) is 15.6. The van der Waals surface area contributed by atoms with Gasteiger partial charge < -0.3 is 5.32 Å². The predicted octanol–water partition coefficient (Wildman–Crippen LogP) is 4.94. The van der Waals surface area contributed by atoms with Crippen LogP contribution < -0.4 is 5.32 Å². The van der Waals surface area contributed by atoms with E-state index in [0.29, 0.717) is 17.5 Å². The molecule has 0 fully saturated rings. The van der Waals surface area contributed by atoms with Gasteiger partial charge in [-0.1, -0.05) is 13.8 Å². The van der Waals surface area contributed by atoms with E-state index in [0.717, 1.165) is 22.5 Å². The molecule has 2 aromatic rings. The molecule has 0 amide bonds. The Balaban J connectivity index is 2.30. The zero-order valence-corrected chi connectivity index (χ0v) is 13.7. The van der Waals surface area contributed by atoms with Crippen molar-refractivity contribution in [1.29, 1.82) is 0 Å². The van der Waals surface area contributed by atoms with Crippen LogP contribution in [0.3, 0.4) is 0 Å². The van der Waals surface area contributed by atoms with Crippen molar-refractivity contribution in [2.45, 2.75) is 33.5 Å². The van der Waals surface area contributed by atoms with Crippen LogP contribution in [0.5, 0.6) is 0 Å². The Morgan fingerprint density at radius 3 is 2.52 bits per heavy atom. The highest BCUT2D eigenvalue weighted by molar-refractivity contribution is 7.15. The Morgan fingerprint density at radius 1 is 1.29 bits per heavy atom. The zero-order valence-electron chi connectivity index (χ0n) is 12.0. The Morgan fingerprint density at radius 2 is 2.00 bits per heavy atom. The fourth-order valence-corrected chi connectivity index (χ4v) is 3.90. The van der Waals surface area contributed by atoms with E-state index in [1.165, 1.54) is 11.3 Å². The molecule has 2 rings (SSSR count). The summed E-state index contributed by atoms with van der Waals surface area (Å²) >= 11 is 2.60. The summed E-state index contributed by atoms with van der Waals surface area (Å²) in [6, 6.07) is 0. The number of nitrogens with zero attached hydrogens (tertiary/aromatic N) is 1. The van der Waals surface area contributed by atoms with Crippen LogP contribution in [-0.2, 0) is 12.7 Å². The van der Waals surface area contributed by atoms with Crippen LogP contribution in [-0.4, -0.2) is 11.5 Å². The summed E-state index contributed by atoms with van der Waals surface area (Å²) in [6.07, 6.45) is -4.41. The lowest BCUT2D eigenvalue weighted by molar-refractivity contribution is -0.141. The van der Waals surface area contributed by atoms with Gasteiger partial charge in [0.2, 0.25) is 0 Å². The molecular formula is C14H17F3N2S2. The largest absolute Gasteiger partial charge is 0.434 e. The van der Waals surface area contributed by atoms with E-state index in [9.17, 15) is 13.2 Å². The molecule has 0 aliphatic heterocycles. The van der Waals surface area contributed by atoms with Crippen LogP contribution in [0.25, 0.3) is 10.6 Å². The van der Waals surface area contributed by atoms with Gasteiger partial charge in [-0.05, 0) is 30.3 Å². The summed E-state index contributed by atoms with van der Waals surface area (Å²) in [5, 5.41) is 7.27. The molecule has 0 aliphatic carbocycles. The highest BCUT2D eigenvalue weighted by atomic mass is 32.1. The van der Waals surface area contributed by atoms with Crippen molar-refractivity contribution in [3.63, 3.8) is 0 Å². The third-order valence-corrected chi connectivity index (χ3v) is 4.84. The smallest absolute Gasteiger partial charge is 0.312 e. The second-order valence-electron chi connectivity index (χ2n) is 5.28. The second-order valence-corrected chi connectivity index (χ2v) is 7.11. The van der Waals surface area contributed by atoms with E-state index in [-0.39, 0.29) is 11.4 Å². The van der Waals surface area contributed by atoms with Crippen LogP contribution in [0.15, 0.2) is 10.8 Å². The summed E-state index contributed by atoms with van der Waals surface area (Å²) in [5.41, 5.74) is 0.999. The Bertz CT molecular complexity index is 600. The number of aromatic nitrogens is 1. The first-order chi connectivity index (χ1) is 9.79. The average Bonchev–Trinajstić information content (AvgIpc) is 2.94. The number of hydrogen-bond acceptors (Lipinski definition) is 4. The van der Waals surface area contributed by atoms with E-state index < -0.39 is 11.9 Å². The number of thiazole rings is 1. The summed E-state index contributed by atoms with van der Waals surface area (Å²) in [4.78, 5) is 4.10. The molecule has 0 atom stereocenters. The normalized spacial score (nSPS) is 12.3. The fourth-order valence-electron chi connectivity index (χ4n) is 1.86. The van der Waals surface area contributed by atoms with Crippen LogP contribution >= 0.6 is 22.7 Å². The quantitative estimate of drug-likeness (QED) is 0.837. The van der Waals surface area contributed by atoms with Gasteiger partial charge in [0.1, 0.15) is 5.01 Å². The molecule has 2 heterocycles.